The van der Waals surface area contributed by atoms with E-state index in [1.54, 1.807) is 18.2 Å². The van der Waals surface area contributed by atoms with Crippen molar-refractivity contribution in [1.82, 2.24) is 9.55 Å². The van der Waals surface area contributed by atoms with Crippen LogP contribution in [0.25, 0.3) is 10.9 Å². The average Bonchev–Trinajstić information content (AvgIpc) is 2.67. The van der Waals surface area contributed by atoms with E-state index in [1.807, 2.05) is 20.8 Å². The molecule has 148 valence electrons. The highest BCUT2D eigenvalue weighted by Crippen LogP contribution is 2.17. The summed E-state index contributed by atoms with van der Waals surface area (Å²) in [6, 6.07) is 8.94. The highest BCUT2D eigenvalue weighted by atomic mass is 19.2. The highest BCUT2D eigenvalue weighted by molar-refractivity contribution is 5.80. The maximum Gasteiger partial charge on any atom is 0.323 e. The van der Waals surface area contributed by atoms with Gasteiger partial charge in [0.05, 0.1) is 10.9 Å². The van der Waals surface area contributed by atoms with Crippen LogP contribution < -0.4 is 5.56 Å². The molecule has 0 bridgehead atoms. The molecule has 0 aliphatic carbocycles. The number of carboxylic acids is 1. The van der Waals surface area contributed by atoms with Crippen LogP contribution in [0.5, 0.6) is 0 Å². The molecule has 0 radical (unpaired) electrons. The lowest BCUT2D eigenvalue weighted by atomic mass is 10.1. The lowest BCUT2D eigenvalue weighted by Gasteiger charge is -2.15. The number of carboxylic acid groups (broad SMARTS) is 1. The zero-order chi connectivity index (χ0) is 20.8. The molecule has 0 saturated carbocycles. The Morgan fingerprint density at radius 1 is 1.14 bits per heavy atom. The summed E-state index contributed by atoms with van der Waals surface area (Å²) in [4.78, 5) is 27.5. The summed E-state index contributed by atoms with van der Waals surface area (Å²) in [5.41, 5.74) is 0.994. The van der Waals surface area contributed by atoms with Crippen LogP contribution in [0.3, 0.4) is 0 Å². The Hall–Kier alpha value is -3.09. The minimum absolute atomic E-state index is 0.0903. The number of aliphatic carboxylic acids is 1. The first-order valence-electron chi connectivity index (χ1n) is 9.01. The molecule has 2 aromatic carbocycles. The smallest absolute Gasteiger partial charge is 0.323 e. The zero-order valence-electron chi connectivity index (χ0n) is 16.0. The number of aromatic nitrogens is 2. The summed E-state index contributed by atoms with van der Waals surface area (Å²) in [5, 5.41) is 9.54. The lowest BCUT2D eigenvalue weighted by molar-refractivity contribution is -0.137. The van der Waals surface area contributed by atoms with Gasteiger partial charge in [-0.05, 0) is 42.7 Å². The fourth-order valence-electron chi connectivity index (χ4n) is 2.91. The summed E-state index contributed by atoms with van der Waals surface area (Å²) < 4.78 is 28.6. The second-order valence-electron chi connectivity index (χ2n) is 6.05. The number of rotatable bonds is 5. The molecular formula is C21H22F2N2O3. The van der Waals surface area contributed by atoms with E-state index < -0.39 is 23.2 Å². The van der Waals surface area contributed by atoms with Crippen molar-refractivity contribution >= 4 is 16.9 Å². The maximum absolute atomic E-state index is 13.8. The second kappa shape index (κ2) is 9.21. The van der Waals surface area contributed by atoms with Crippen LogP contribution in [-0.2, 0) is 24.2 Å². The largest absolute Gasteiger partial charge is 0.480 e. The first-order valence-corrected chi connectivity index (χ1v) is 9.01. The standard InChI is InChI=1S/C19H16F2N2O3.C2H6/c1-11-5-7-13-15(9-11)23(10-17(24)25)16(22-19(13)26)8-6-12-3-2-4-14(20)18(12)21;1-2/h2-5,7,9H,6,8,10H2,1H3,(H,24,25);1-2H3. The number of nitrogens with zero attached hydrogens (tertiary/aromatic N) is 2. The molecule has 7 heteroatoms. The zero-order valence-corrected chi connectivity index (χ0v) is 16.0. The van der Waals surface area contributed by atoms with Gasteiger partial charge in [-0.15, -0.1) is 0 Å². The molecule has 0 aliphatic rings. The Morgan fingerprint density at radius 2 is 1.86 bits per heavy atom. The Balaban J connectivity index is 0.00000136. The predicted octanol–water partition coefficient (Wildman–Crippen LogP) is 3.88. The van der Waals surface area contributed by atoms with E-state index in [4.69, 9.17) is 0 Å². The average molecular weight is 388 g/mol. The molecule has 0 unspecified atom stereocenters. The van der Waals surface area contributed by atoms with Gasteiger partial charge in [0.2, 0.25) is 0 Å². The number of aryl methyl sites for hydroxylation is 3. The fraction of sp³-hybridized carbons (Fsp3) is 0.286. The number of halogens is 2. The molecule has 1 N–H and O–H groups in total. The number of benzene rings is 2. The van der Waals surface area contributed by atoms with Gasteiger partial charge in [0, 0.05) is 6.42 Å². The van der Waals surface area contributed by atoms with E-state index in [1.165, 1.54) is 16.7 Å². The molecule has 0 fully saturated rings. The SMILES string of the molecule is CC.Cc1ccc2c(=O)nc(CCc3cccc(F)c3F)n(CC(=O)O)c2c1. The number of carbonyl (C=O) groups is 1. The molecule has 0 amide bonds. The molecule has 3 rings (SSSR count). The van der Waals surface area contributed by atoms with Crippen LogP contribution in [0, 0.1) is 18.6 Å². The van der Waals surface area contributed by atoms with Crippen molar-refractivity contribution in [1.29, 1.82) is 0 Å². The summed E-state index contributed by atoms with van der Waals surface area (Å²) in [6.07, 6.45) is 0.194. The Bertz CT molecular complexity index is 1060. The quantitative estimate of drug-likeness (QED) is 0.720. The van der Waals surface area contributed by atoms with Gasteiger partial charge in [-0.25, -0.2) is 8.78 Å². The normalized spacial score (nSPS) is 10.5. The number of hydrogen-bond acceptors (Lipinski definition) is 3. The minimum Gasteiger partial charge on any atom is -0.480 e. The fourth-order valence-corrected chi connectivity index (χ4v) is 2.91. The van der Waals surface area contributed by atoms with Crippen LogP contribution in [0.4, 0.5) is 8.78 Å². The predicted molar refractivity (Wildman–Crippen MR) is 103 cm³/mol. The lowest BCUT2D eigenvalue weighted by Crippen LogP contribution is -2.22. The summed E-state index contributed by atoms with van der Waals surface area (Å²) in [6.45, 7) is 5.45. The number of hydrogen-bond donors (Lipinski definition) is 1. The van der Waals surface area contributed by atoms with Gasteiger partial charge in [0.25, 0.3) is 5.56 Å². The third-order valence-corrected chi connectivity index (χ3v) is 4.16. The van der Waals surface area contributed by atoms with E-state index in [0.29, 0.717) is 10.9 Å². The highest BCUT2D eigenvalue weighted by Gasteiger charge is 2.15. The molecule has 0 atom stereocenters. The minimum atomic E-state index is -1.09. The topological polar surface area (TPSA) is 72.2 Å². The van der Waals surface area contributed by atoms with E-state index in [2.05, 4.69) is 4.98 Å². The van der Waals surface area contributed by atoms with Crippen molar-refractivity contribution in [3.63, 3.8) is 0 Å². The molecule has 0 aliphatic heterocycles. The monoisotopic (exact) mass is 388 g/mol. The van der Waals surface area contributed by atoms with Gasteiger partial charge >= 0.3 is 5.97 Å². The van der Waals surface area contributed by atoms with Gasteiger partial charge in [-0.2, -0.15) is 4.98 Å². The maximum atomic E-state index is 13.8. The second-order valence-corrected chi connectivity index (χ2v) is 6.05. The van der Waals surface area contributed by atoms with Crippen LogP contribution >= 0.6 is 0 Å². The molecule has 1 aromatic heterocycles. The molecule has 28 heavy (non-hydrogen) atoms. The third kappa shape index (κ3) is 4.60. The van der Waals surface area contributed by atoms with Crippen molar-refractivity contribution in [2.75, 3.05) is 0 Å². The van der Waals surface area contributed by atoms with Crippen LogP contribution in [-0.4, -0.2) is 20.6 Å². The van der Waals surface area contributed by atoms with E-state index in [-0.39, 0.29) is 30.8 Å². The molecule has 1 heterocycles. The summed E-state index contributed by atoms with van der Waals surface area (Å²) >= 11 is 0. The van der Waals surface area contributed by atoms with Crippen molar-refractivity contribution < 1.29 is 18.7 Å². The van der Waals surface area contributed by atoms with Crippen LogP contribution in [0.1, 0.15) is 30.8 Å². The van der Waals surface area contributed by atoms with Crippen molar-refractivity contribution in [3.05, 3.63) is 75.3 Å². The molecular weight excluding hydrogens is 366 g/mol. The van der Waals surface area contributed by atoms with Gasteiger partial charge in [0.15, 0.2) is 11.6 Å². The molecule has 3 aromatic rings. The Labute approximate surface area is 161 Å². The summed E-state index contributed by atoms with van der Waals surface area (Å²) in [5.74, 6) is -2.76. The molecule has 0 spiro atoms. The molecule has 0 saturated heterocycles. The van der Waals surface area contributed by atoms with Crippen molar-refractivity contribution in [2.45, 2.75) is 40.2 Å². The first kappa shape index (κ1) is 21.2. The van der Waals surface area contributed by atoms with Crippen molar-refractivity contribution in [3.8, 4) is 0 Å². The Kier molecular flexibility index (Phi) is 6.98. The summed E-state index contributed by atoms with van der Waals surface area (Å²) in [7, 11) is 0. The first-order chi connectivity index (χ1) is 13.4. The van der Waals surface area contributed by atoms with Crippen molar-refractivity contribution in [2.24, 2.45) is 0 Å². The Morgan fingerprint density at radius 3 is 2.54 bits per heavy atom. The van der Waals surface area contributed by atoms with E-state index in [0.717, 1.165) is 11.6 Å². The van der Waals surface area contributed by atoms with E-state index >= 15 is 0 Å². The van der Waals surface area contributed by atoms with Crippen LogP contribution in [0.2, 0.25) is 0 Å². The van der Waals surface area contributed by atoms with E-state index in [9.17, 15) is 23.5 Å². The van der Waals surface area contributed by atoms with Gasteiger partial charge in [-0.3, -0.25) is 9.59 Å². The van der Waals surface area contributed by atoms with Gasteiger partial charge < -0.3 is 9.67 Å². The van der Waals surface area contributed by atoms with Crippen LogP contribution in [0.15, 0.2) is 41.2 Å². The van der Waals surface area contributed by atoms with Gasteiger partial charge in [-0.1, -0.05) is 32.0 Å². The third-order valence-electron chi connectivity index (χ3n) is 4.16. The molecule has 5 nitrogen and oxygen atoms in total. The number of fused-ring (bicyclic) bond motifs is 1. The van der Waals surface area contributed by atoms with Gasteiger partial charge in [0.1, 0.15) is 12.4 Å².